The predicted molar refractivity (Wildman–Crippen MR) is 109 cm³/mol. The molecule has 0 bridgehead atoms. The molecular formula is C23H17NO3S. The molecule has 0 saturated heterocycles. The Labute approximate surface area is 163 Å². The van der Waals surface area contributed by atoms with Crippen molar-refractivity contribution < 1.29 is 13.2 Å². The number of aromatic nitrogens is 1. The second-order valence-electron chi connectivity index (χ2n) is 6.46. The minimum absolute atomic E-state index is 0.0386. The third kappa shape index (κ3) is 3.10. The van der Waals surface area contributed by atoms with Gasteiger partial charge in [0.05, 0.1) is 15.3 Å². The van der Waals surface area contributed by atoms with Gasteiger partial charge in [-0.3, -0.25) is 9.78 Å². The van der Waals surface area contributed by atoms with Crippen molar-refractivity contribution in [2.75, 3.05) is 0 Å². The Hall–Kier alpha value is -3.31. The van der Waals surface area contributed by atoms with E-state index in [9.17, 15) is 13.2 Å². The Morgan fingerprint density at radius 2 is 1.46 bits per heavy atom. The molecular weight excluding hydrogens is 370 g/mol. The predicted octanol–water partition coefficient (Wildman–Crippen LogP) is 4.94. The molecule has 0 aliphatic heterocycles. The maximum atomic E-state index is 13.4. The van der Waals surface area contributed by atoms with E-state index in [1.165, 1.54) is 13.1 Å². The maximum Gasteiger partial charge on any atom is 0.208 e. The molecule has 0 unspecified atom stereocenters. The number of sulfone groups is 1. The number of hydrogen-bond acceptors (Lipinski definition) is 4. The molecule has 0 aliphatic carbocycles. The van der Waals surface area contributed by atoms with Gasteiger partial charge < -0.3 is 0 Å². The van der Waals surface area contributed by atoms with Crippen molar-refractivity contribution in [2.24, 2.45) is 0 Å². The van der Waals surface area contributed by atoms with Crippen LogP contribution in [0.25, 0.3) is 22.0 Å². The highest BCUT2D eigenvalue weighted by Crippen LogP contribution is 2.36. The summed E-state index contributed by atoms with van der Waals surface area (Å²) in [6, 6.07) is 22.7. The number of hydrogen-bond donors (Lipinski definition) is 0. The Morgan fingerprint density at radius 3 is 2.14 bits per heavy atom. The van der Waals surface area contributed by atoms with E-state index >= 15 is 0 Å². The third-order valence-corrected chi connectivity index (χ3v) is 6.45. The summed E-state index contributed by atoms with van der Waals surface area (Å²) in [6.07, 6.45) is 1.42. The van der Waals surface area contributed by atoms with Gasteiger partial charge >= 0.3 is 0 Å². The molecule has 0 radical (unpaired) electrons. The van der Waals surface area contributed by atoms with Gasteiger partial charge in [0, 0.05) is 22.7 Å². The van der Waals surface area contributed by atoms with Gasteiger partial charge in [-0.2, -0.15) is 0 Å². The number of pyridine rings is 1. The number of nitrogens with zero attached hydrogens (tertiary/aromatic N) is 1. The van der Waals surface area contributed by atoms with Crippen LogP contribution in [-0.4, -0.2) is 19.2 Å². The molecule has 28 heavy (non-hydrogen) atoms. The molecule has 0 atom stereocenters. The zero-order valence-electron chi connectivity index (χ0n) is 15.2. The van der Waals surface area contributed by atoms with Crippen LogP contribution in [0, 0.1) is 0 Å². The molecule has 4 rings (SSSR count). The van der Waals surface area contributed by atoms with Crippen molar-refractivity contribution in [1.82, 2.24) is 4.98 Å². The van der Waals surface area contributed by atoms with Gasteiger partial charge in [-0.05, 0) is 30.7 Å². The van der Waals surface area contributed by atoms with E-state index in [1.807, 2.05) is 24.3 Å². The highest BCUT2D eigenvalue weighted by atomic mass is 32.2. The van der Waals surface area contributed by atoms with Crippen molar-refractivity contribution in [3.8, 4) is 11.1 Å². The second kappa shape index (κ2) is 7.02. The van der Waals surface area contributed by atoms with E-state index < -0.39 is 9.84 Å². The monoisotopic (exact) mass is 387 g/mol. The normalized spacial score (nSPS) is 11.5. The first kappa shape index (κ1) is 18.1. The SMILES string of the molecule is CC(=O)c1ccc(-c2c(S(=O)(=O)c3ccccc3)cnc3ccccc23)cc1. The van der Waals surface area contributed by atoms with Crippen LogP contribution in [-0.2, 0) is 9.84 Å². The quantitative estimate of drug-likeness (QED) is 0.465. The molecule has 0 saturated carbocycles. The molecule has 3 aromatic carbocycles. The zero-order chi connectivity index (χ0) is 19.7. The van der Waals surface area contributed by atoms with Gasteiger partial charge in [-0.1, -0.05) is 60.7 Å². The van der Waals surface area contributed by atoms with E-state index in [0.717, 1.165) is 10.9 Å². The van der Waals surface area contributed by atoms with Crippen molar-refractivity contribution in [3.05, 3.63) is 90.6 Å². The Balaban J connectivity index is 2.03. The standard InChI is InChI=1S/C23H17NO3S/c1-16(25)17-11-13-18(14-12-17)23-20-9-5-6-10-21(20)24-15-22(23)28(26,27)19-7-3-2-4-8-19/h2-15H,1H3. The summed E-state index contributed by atoms with van der Waals surface area (Å²) in [7, 11) is -3.77. The van der Waals surface area contributed by atoms with Gasteiger partial charge in [-0.25, -0.2) is 8.42 Å². The van der Waals surface area contributed by atoms with Crippen LogP contribution in [0.1, 0.15) is 17.3 Å². The second-order valence-corrected chi connectivity index (χ2v) is 8.38. The fourth-order valence-corrected chi connectivity index (χ4v) is 4.68. The van der Waals surface area contributed by atoms with Gasteiger partial charge in [0.25, 0.3) is 0 Å². The lowest BCUT2D eigenvalue weighted by Crippen LogP contribution is -2.05. The molecule has 5 heteroatoms. The van der Waals surface area contributed by atoms with Gasteiger partial charge in [0.1, 0.15) is 0 Å². The smallest absolute Gasteiger partial charge is 0.208 e. The number of carbonyl (C=O) groups is 1. The van der Waals surface area contributed by atoms with Crippen LogP contribution < -0.4 is 0 Å². The summed E-state index contributed by atoms with van der Waals surface area (Å²) in [5.74, 6) is -0.0386. The lowest BCUT2D eigenvalue weighted by atomic mass is 9.99. The summed E-state index contributed by atoms with van der Waals surface area (Å²) in [4.78, 5) is 16.3. The molecule has 4 nitrogen and oxygen atoms in total. The van der Waals surface area contributed by atoms with Crippen LogP contribution in [0.2, 0.25) is 0 Å². The van der Waals surface area contributed by atoms with Crippen LogP contribution in [0.5, 0.6) is 0 Å². The van der Waals surface area contributed by atoms with Gasteiger partial charge in [0.15, 0.2) is 5.78 Å². The van der Waals surface area contributed by atoms with Crippen molar-refractivity contribution >= 4 is 26.5 Å². The average Bonchev–Trinajstić information content (AvgIpc) is 2.73. The molecule has 0 aliphatic rings. The molecule has 0 N–H and O–H groups in total. The highest BCUT2D eigenvalue weighted by molar-refractivity contribution is 7.91. The summed E-state index contributed by atoms with van der Waals surface area (Å²) >= 11 is 0. The highest BCUT2D eigenvalue weighted by Gasteiger charge is 2.24. The number of Topliss-reactive ketones (excluding diaryl/α,β-unsaturated/α-hetero) is 1. The van der Waals surface area contributed by atoms with Gasteiger partial charge in [0.2, 0.25) is 9.84 Å². The first-order valence-corrected chi connectivity index (χ1v) is 10.3. The zero-order valence-corrected chi connectivity index (χ0v) is 16.0. The summed E-state index contributed by atoms with van der Waals surface area (Å²) in [6.45, 7) is 1.50. The maximum absolute atomic E-state index is 13.4. The van der Waals surface area contributed by atoms with E-state index in [-0.39, 0.29) is 15.6 Å². The number of carbonyl (C=O) groups excluding carboxylic acids is 1. The minimum Gasteiger partial charge on any atom is -0.295 e. The van der Waals surface area contributed by atoms with Crippen molar-refractivity contribution in [3.63, 3.8) is 0 Å². The van der Waals surface area contributed by atoms with Crippen molar-refractivity contribution in [1.29, 1.82) is 0 Å². The first-order chi connectivity index (χ1) is 13.5. The minimum atomic E-state index is -3.77. The van der Waals surface area contributed by atoms with Crippen LogP contribution in [0.3, 0.4) is 0 Å². The summed E-state index contributed by atoms with van der Waals surface area (Å²) in [5.41, 5.74) is 2.59. The van der Waals surface area contributed by atoms with Crippen LogP contribution >= 0.6 is 0 Å². The molecule has 0 spiro atoms. The van der Waals surface area contributed by atoms with Gasteiger partial charge in [-0.15, -0.1) is 0 Å². The molecule has 0 amide bonds. The van der Waals surface area contributed by atoms with Crippen LogP contribution in [0.15, 0.2) is 94.9 Å². The number of benzene rings is 3. The summed E-state index contributed by atoms with van der Waals surface area (Å²) < 4.78 is 26.7. The van der Waals surface area contributed by atoms with E-state index in [1.54, 1.807) is 54.6 Å². The molecule has 138 valence electrons. The van der Waals surface area contributed by atoms with E-state index in [2.05, 4.69) is 4.98 Å². The van der Waals surface area contributed by atoms with E-state index in [0.29, 0.717) is 16.6 Å². The molecule has 0 fully saturated rings. The Bertz CT molecular complexity index is 1280. The number of fused-ring (bicyclic) bond motifs is 1. The van der Waals surface area contributed by atoms with Crippen LogP contribution in [0.4, 0.5) is 0 Å². The largest absolute Gasteiger partial charge is 0.295 e. The molecule has 4 aromatic rings. The fourth-order valence-electron chi connectivity index (χ4n) is 3.22. The third-order valence-electron chi connectivity index (χ3n) is 4.66. The Kier molecular flexibility index (Phi) is 4.53. The topological polar surface area (TPSA) is 64.1 Å². The lowest BCUT2D eigenvalue weighted by Gasteiger charge is -2.14. The molecule has 1 heterocycles. The van der Waals surface area contributed by atoms with E-state index in [4.69, 9.17) is 0 Å². The fraction of sp³-hybridized carbons (Fsp3) is 0.0435. The number of para-hydroxylation sites is 1. The number of rotatable bonds is 4. The Morgan fingerprint density at radius 1 is 0.821 bits per heavy atom. The average molecular weight is 387 g/mol. The van der Waals surface area contributed by atoms with Crippen molar-refractivity contribution in [2.45, 2.75) is 16.7 Å². The summed E-state index contributed by atoms with van der Waals surface area (Å²) in [5, 5.41) is 0.745. The molecule has 1 aromatic heterocycles. The lowest BCUT2D eigenvalue weighted by molar-refractivity contribution is 0.101. The first-order valence-electron chi connectivity index (χ1n) is 8.78. The number of ketones is 1.